The zero-order chi connectivity index (χ0) is 14.8. The third-order valence-corrected chi connectivity index (χ3v) is 3.97. The zero-order valence-electron chi connectivity index (χ0n) is 11.2. The highest BCUT2D eigenvalue weighted by atomic mass is 35.5. The first-order chi connectivity index (χ1) is 10.1. The number of halogens is 2. The van der Waals surface area contributed by atoms with Crippen molar-refractivity contribution in [1.82, 2.24) is 14.9 Å². The molecule has 2 heterocycles. The minimum atomic E-state index is -0.141. The number of amides is 1. The molecule has 21 heavy (non-hydrogen) atoms. The second-order valence-electron chi connectivity index (χ2n) is 4.93. The van der Waals surface area contributed by atoms with Crippen molar-refractivity contribution in [3.8, 4) is 0 Å². The third-order valence-electron chi connectivity index (χ3n) is 3.49. The van der Waals surface area contributed by atoms with E-state index in [2.05, 4.69) is 9.97 Å². The summed E-state index contributed by atoms with van der Waals surface area (Å²) in [7, 11) is 0. The van der Waals surface area contributed by atoms with E-state index in [4.69, 9.17) is 23.2 Å². The van der Waals surface area contributed by atoms with Crippen molar-refractivity contribution < 1.29 is 4.79 Å². The number of benzene rings is 1. The largest absolute Gasteiger partial charge is 0.333 e. The van der Waals surface area contributed by atoms with Crippen LogP contribution in [-0.4, -0.2) is 27.3 Å². The quantitative estimate of drug-likeness (QED) is 0.629. The lowest BCUT2D eigenvalue weighted by Crippen LogP contribution is -2.31. The molecule has 108 valence electrons. The van der Waals surface area contributed by atoms with Gasteiger partial charge in [-0.05, 0) is 30.0 Å². The Morgan fingerprint density at radius 1 is 1.14 bits per heavy atom. The molecule has 1 aliphatic heterocycles. The molecule has 0 unspecified atom stereocenters. The van der Waals surface area contributed by atoms with Crippen LogP contribution >= 0.6 is 23.2 Å². The number of hydrogen-bond donors (Lipinski definition) is 0. The van der Waals surface area contributed by atoms with E-state index in [1.165, 1.54) is 0 Å². The second-order valence-corrected chi connectivity index (χ2v) is 5.62. The van der Waals surface area contributed by atoms with Gasteiger partial charge >= 0.3 is 0 Å². The molecule has 3 rings (SSSR count). The van der Waals surface area contributed by atoms with Gasteiger partial charge in [0.05, 0.1) is 0 Å². The van der Waals surface area contributed by atoms with Crippen LogP contribution in [0.2, 0.25) is 10.4 Å². The summed E-state index contributed by atoms with van der Waals surface area (Å²) in [4.78, 5) is 22.4. The molecular weight excluding hydrogens is 309 g/mol. The summed E-state index contributed by atoms with van der Waals surface area (Å²) >= 11 is 11.9. The normalized spacial score (nSPS) is 14.8. The number of hydrogen-bond acceptors (Lipinski definition) is 3. The van der Waals surface area contributed by atoms with Crippen molar-refractivity contribution in [2.45, 2.75) is 19.4 Å². The van der Waals surface area contributed by atoms with E-state index in [0.29, 0.717) is 30.8 Å². The molecule has 0 N–H and O–H groups in total. The topological polar surface area (TPSA) is 46.1 Å². The minimum absolute atomic E-state index is 0.00802. The van der Waals surface area contributed by atoms with Crippen LogP contribution < -0.4 is 0 Å². The van der Waals surface area contributed by atoms with Crippen LogP contribution in [0.3, 0.4) is 0 Å². The van der Waals surface area contributed by atoms with Gasteiger partial charge in [-0.25, -0.2) is 9.97 Å². The molecular formula is C15H13Cl2N3O. The Morgan fingerprint density at radius 3 is 2.67 bits per heavy atom. The number of carbonyl (C=O) groups is 1. The van der Waals surface area contributed by atoms with Crippen LogP contribution in [0.4, 0.5) is 0 Å². The lowest BCUT2D eigenvalue weighted by molar-refractivity contribution is 0.0743. The van der Waals surface area contributed by atoms with Gasteiger partial charge in [0, 0.05) is 18.7 Å². The maximum absolute atomic E-state index is 12.7. The van der Waals surface area contributed by atoms with Gasteiger partial charge in [-0.3, -0.25) is 4.79 Å². The average molecular weight is 322 g/mol. The van der Waals surface area contributed by atoms with Crippen LogP contribution in [0.15, 0.2) is 30.3 Å². The fraction of sp³-hybridized carbons (Fsp3) is 0.267. The molecule has 0 saturated heterocycles. The van der Waals surface area contributed by atoms with Gasteiger partial charge in [-0.1, -0.05) is 41.9 Å². The number of nitrogens with zero attached hydrogens (tertiary/aromatic N) is 3. The Morgan fingerprint density at radius 2 is 1.90 bits per heavy atom. The molecule has 4 nitrogen and oxygen atoms in total. The first-order valence-electron chi connectivity index (χ1n) is 6.70. The molecule has 1 aliphatic rings. The van der Waals surface area contributed by atoms with Gasteiger partial charge < -0.3 is 4.90 Å². The lowest BCUT2D eigenvalue weighted by Gasteiger charge is -2.20. The third kappa shape index (κ3) is 3.01. The minimum Gasteiger partial charge on any atom is -0.333 e. The maximum atomic E-state index is 12.7. The molecule has 6 heteroatoms. The number of aromatic nitrogens is 2. The van der Waals surface area contributed by atoms with E-state index >= 15 is 0 Å². The number of rotatable bonds is 2. The molecule has 1 aromatic carbocycles. The molecule has 0 fully saturated rings. The maximum Gasteiger partial charge on any atom is 0.273 e. The predicted molar refractivity (Wildman–Crippen MR) is 81.6 cm³/mol. The average Bonchev–Trinajstić information content (AvgIpc) is 2.62. The highest BCUT2D eigenvalue weighted by Gasteiger charge is 2.26. The van der Waals surface area contributed by atoms with E-state index in [1.807, 2.05) is 30.3 Å². The Balaban J connectivity index is 1.93. The molecule has 0 atom stereocenters. The highest BCUT2D eigenvalue weighted by Crippen LogP contribution is 2.25. The van der Waals surface area contributed by atoms with Crippen LogP contribution in [0.1, 0.15) is 28.0 Å². The summed E-state index contributed by atoms with van der Waals surface area (Å²) in [5.41, 5.74) is 2.11. The van der Waals surface area contributed by atoms with Crippen LogP contribution in [0, 0.1) is 0 Å². The van der Waals surface area contributed by atoms with E-state index in [-0.39, 0.29) is 16.3 Å². The standard InChI is InChI=1S/C15H13Cl2N3O/c16-13-11-7-4-8-20(9-10-5-2-1-3-6-10)14(21)12(11)18-15(17)19-13/h1-3,5-6H,4,7-9H2. The van der Waals surface area contributed by atoms with Gasteiger partial charge in [-0.2, -0.15) is 0 Å². The van der Waals surface area contributed by atoms with Gasteiger partial charge in [0.2, 0.25) is 5.28 Å². The number of carbonyl (C=O) groups excluding carboxylic acids is 1. The van der Waals surface area contributed by atoms with Gasteiger partial charge in [0.15, 0.2) is 0 Å². The summed E-state index contributed by atoms with van der Waals surface area (Å²) in [6, 6.07) is 9.87. The van der Waals surface area contributed by atoms with Crippen LogP contribution in [0.25, 0.3) is 0 Å². The monoisotopic (exact) mass is 321 g/mol. The summed E-state index contributed by atoms with van der Waals surface area (Å²) in [6.45, 7) is 1.22. The molecule has 1 amide bonds. The summed E-state index contributed by atoms with van der Waals surface area (Å²) in [5.74, 6) is -0.141. The lowest BCUT2D eigenvalue weighted by atomic mass is 10.1. The summed E-state index contributed by atoms with van der Waals surface area (Å²) < 4.78 is 0. The van der Waals surface area contributed by atoms with Crippen molar-refractivity contribution in [1.29, 1.82) is 0 Å². The molecule has 1 aromatic heterocycles. The Labute approximate surface area is 132 Å². The van der Waals surface area contributed by atoms with Crippen molar-refractivity contribution in [2.75, 3.05) is 6.54 Å². The first kappa shape index (κ1) is 14.3. The van der Waals surface area contributed by atoms with E-state index in [0.717, 1.165) is 12.0 Å². The van der Waals surface area contributed by atoms with E-state index in [1.54, 1.807) is 4.90 Å². The van der Waals surface area contributed by atoms with Crippen molar-refractivity contribution in [3.05, 3.63) is 57.6 Å². The fourth-order valence-electron chi connectivity index (χ4n) is 2.48. The van der Waals surface area contributed by atoms with Gasteiger partial charge in [0.1, 0.15) is 10.8 Å². The fourth-order valence-corrected chi connectivity index (χ4v) is 2.96. The van der Waals surface area contributed by atoms with E-state index < -0.39 is 0 Å². The summed E-state index contributed by atoms with van der Waals surface area (Å²) in [5, 5.41) is 0.286. The molecule has 0 saturated carbocycles. The first-order valence-corrected chi connectivity index (χ1v) is 7.46. The van der Waals surface area contributed by atoms with Crippen molar-refractivity contribution >= 4 is 29.1 Å². The smallest absolute Gasteiger partial charge is 0.273 e. The molecule has 0 radical (unpaired) electrons. The van der Waals surface area contributed by atoms with Crippen molar-refractivity contribution in [2.24, 2.45) is 0 Å². The molecule has 0 bridgehead atoms. The van der Waals surface area contributed by atoms with Crippen LogP contribution in [-0.2, 0) is 13.0 Å². The Bertz CT molecular complexity index is 676. The molecule has 0 aliphatic carbocycles. The van der Waals surface area contributed by atoms with E-state index in [9.17, 15) is 4.79 Å². The molecule has 0 spiro atoms. The Hall–Kier alpha value is -1.65. The predicted octanol–water partition coefficient (Wildman–Crippen LogP) is 3.37. The van der Waals surface area contributed by atoms with Gasteiger partial charge in [0.25, 0.3) is 5.91 Å². The number of fused-ring (bicyclic) bond motifs is 1. The zero-order valence-corrected chi connectivity index (χ0v) is 12.7. The van der Waals surface area contributed by atoms with Crippen molar-refractivity contribution in [3.63, 3.8) is 0 Å². The summed E-state index contributed by atoms with van der Waals surface area (Å²) in [6.07, 6.45) is 1.51. The Kier molecular flexibility index (Phi) is 4.08. The second kappa shape index (κ2) is 6.00. The molecule has 2 aromatic rings. The van der Waals surface area contributed by atoms with Crippen LogP contribution in [0.5, 0.6) is 0 Å². The highest BCUT2D eigenvalue weighted by molar-refractivity contribution is 6.32. The SMILES string of the molecule is O=C1c2nc(Cl)nc(Cl)c2CCCN1Cc1ccccc1. The van der Waals surface area contributed by atoms with Gasteiger partial charge in [-0.15, -0.1) is 0 Å².